The van der Waals surface area contributed by atoms with E-state index >= 15 is 8.78 Å². The number of carbonyl (C=O) groups excluding carboxylic acids is 3. The van der Waals surface area contributed by atoms with Crippen LogP contribution in [0.15, 0.2) is 48.7 Å². The van der Waals surface area contributed by atoms with E-state index < -0.39 is 17.7 Å². The summed E-state index contributed by atoms with van der Waals surface area (Å²) in [6.07, 6.45) is 16.9. The van der Waals surface area contributed by atoms with Crippen LogP contribution in [0.1, 0.15) is 85.7 Å². The van der Waals surface area contributed by atoms with Crippen molar-refractivity contribution in [3.63, 3.8) is 0 Å². The van der Waals surface area contributed by atoms with Gasteiger partial charge in [0.1, 0.15) is 41.2 Å². The third-order valence-corrected chi connectivity index (χ3v) is 17.1. The Hall–Kier alpha value is -6.48. The van der Waals surface area contributed by atoms with Gasteiger partial charge in [-0.3, -0.25) is 29.6 Å². The number of rotatable bonds is 10. The fourth-order valence-electron chi connectivity index (χ4n) is 13.1. The van der Waals surface area contributed by atoms with E-state index in [9.17, 15) is 19.5 Å². The van der Waals surface area contributed by atoms with Crippen LogP contribution >= 0.6 is 0 Å². The maximum atomic E-state index is 17.1. The molecule has 3 atom stereocenters. The zero-order chi connectivity index (χ0) is 49.3. The van der Waals surface area contributed by atoms with Gasteiger partial charge in [0.25, 0.3) is 5.91 Å². The molecule has 15 nitrogen and oxygen atoms in total. The Bertz CT molecular complexity index is 3020. The van der Waals surface area contributed by atoms with E-state index in [0.29, 0.717) is 84.8 Å². The minimum atomic E-state index is -0.732. The zero-order valence-electron chi connectivity index (χ0n) is 40.5. The highest BCUT2D eigenvalue weighted by atomic mass is 19.1. The number of halogens is 2. The largest absolute Gasteiger partial charge is 0.508 e. The van der Waals surface area contributed by atoms with Crippen LogP contribution in [-0.4, -0.2) is 143 Å². The van der Waals surface area contributed by atoms with Gasteiger partial charge in [0.05, 0.1) is 10.9 Å². The molecule has 12 rings (SSSR count). The second-order valence-electron chi connectivity index (χ2n) is 21.3. The maximum Gasteiger partial charge on any atom is 0.319 e. The molecule has 3 aromatic carbocycles. The van der Waals surface area contributed by atoms with Gasteiger partial charge in [-0.05, 0) is 131 Å². The number of hydrogen-bond donors (Lipinski definition) is 3. The van der Waals surface area contributed by atoms with Gasteiger partial charge in [0.2, 0.25) is 11.8 Å². The Morgan fingerprint density at radius 1 is 0.861 bits per heavy atom. The number of phenols is 1. The molecule has 0 saturated carbocycles. The van der Waals surface area contributed by atoms with E-state index in [1.807, 2.05) is 12.1 Å². The fourth-order valence-corrected chi connectivity index (χ4v) is 13.1. The molecule has 9 heterocycles. The molecule has 374 valence electrons. The molecule has 7 aliphatic rings. The first-order chi connectivity index (χ1) is 35.0. The summed E-state index contributed by atoms with van der Waals surface area (Å²) < 4.78 is 38.4. The summed E-state index contributed by atoms with van der Waals surface area (Å²) in [5.41, 5.74) is 3.15. The Morgan fingerprint density at radius 2 is 1.61 bits per heavy atom. The number of fused-ring (bicyclic) bond motifs is 5. The first kappa shape index (κ1) is 46.6. The number of piperidine rings is 4. The van der Waals surface area contributed by atoms with Crippen LogP contribution in [0.4, 0.5) is 20.3 Å². The first-order valence-corrected chi connectivity index (χ1v) is 25.9. The normalized spacial score (nSPS) is 23.8. The molecule has 6 fully saturated rings. The number of phenolic OH excluding ortho intramolecular Hbond substituents is 1. The molecule has 0 aliphatic carbocycles. The minimum absolute atomic E-state index is 0.0353. The molecule has 3 unspecified atom stereocenters. The smallest absolute Gasteiger partial charge is 0.319 e. The van der Waals surface area contributed by atoms with Crippen molar-refractivity contribution >= 4 is 50.9 Å². The average Bonchev–Trinajstić information content (AvgIpc) is 3.91. The predicted molar refractivity (Wildman–Crippen MR) is 269 cm³/mol. The number of hydrogen-bond acceptors (Lipinski definition) is 13. The van der Waals surface area contributed by atoms with Crippen molar-refractivity contribution in [2.45, 2.75) is 88.9 Å². The van der Waals surface area contributed by atoms with Crippen LogP contribution in [0.5, 0.6) is 11.8 Å². The van der Waals surface area contributed by atoms with E-state index in [2.05, 4.69) is 52.2 Å². The molecule has 2 aromatic heterocycles. The molecule has 72 heavy (non-hydrogen) atoms. The second-order valence-corrected chi connectivity index (χ2v) is 21.3. The third-order valence-electron chi connectivity index (χ3n) is 17.1. The monoisotopic (exact) mass is 978 g/mol. The number of benzene rings is 3. The molecular formula is C55H60F2N10O5. The van der Waals surface area contributed by atoms with Crippen LogP contribution in [0.25, 0.3) is 32.9 Å². The Morgan fingerprint density at radius 3 is 2.35 bits per heavy atom. The van der Waals surface area contributed by atoms with Crippen LogP contribution in [-0.2, 0) is 16.1 Å². The van der Waals surface area contributed by atoms with Crippen LogP contribution < -0.4 is 25.2 Å². The number of terminal acetylenes is 1. The second kappa shape index (κ2) is 18.8. The number of piperazine rings is 1. The summed E-state index contributed by atoms with van der Waals surface area (Å²) in [7, 11) is 0. The minimum Gasteiger partial charge on any atom is -0.508 e. The molecular weight excluding hydrogens is 919 g/mol. The summed E-state index contributed by atoms with van der Waals surface area (Å²) in [5.74, 6) is 1.31. The van der Waals surface area contributed by atoms with E-state index in [0.717, 1.165) is 95.6 Å². The highest BCUT2D eigenvalue weighted by Gasteiger charge is 2.42. The van der Waals surface area contributed by atoms with Crippen LogP contribution in [0.3, 0.4) is 0 Å². The van der Waals surface area contributed by atoms with E-state index in [4.69, 9.17) is 16.1 Å². The number of aromatic nitrogens is 3. The summed E-state index contributed by atoms with van der Waals surface area (Å²) in [6, 6.07) is 11.5. The standard InChI is InChI=1S/C55H60F2N10O5/c1-2-38-43(56)9-6-34-26-37(68)27-40(47(34)38)49-48(57)50-41(28-58-49)51(66-30-35-7-8-36(31-66)59-35)62-54(61-50)72-25-24-63-20-14-55(15-21-63)16-22-64(23-17-55)29-33-12-18-65(19-13-33)44-5-3-4-39-42(44)32-67(53(39)71)45-10-11-46(69)60-52(45)70/h1,3-6,9,26-28,33,35-36,45,59,68H,7-8,10-25,29-32H2,(H,60,69,70). The number of nitrogens with one attached hydrogen (secondary N) is 2. The summed E-state index contributed by atoms with van der Waals surface area (Å²) in [4.78, 5) is 63.4. The van der Waals surface area contributed by atoms with Gasteiger partial charge in [-0.15, -0.1) is 6.42 Å². The highest BCUT2D eigenvalue weighted by Crippen LogP contribution is 2.43. The number of aromatic hydroxyl groups is 1. The summed E-state index contributed by atoms with van der Waals surface area (Å²) >= 11 is 0. The molecule has 17 heteroatoms. The lowest BCUT2D eigenvalue weighted by Crippen LogP contribution is -2.52. The molecule has 2 bridgehead atoms. The van der Waals surface area contributed by atoms with E-state index in [1.165, 1.54) is 37.1 Å². The van der Waals surface area contributed by atoms with Crippen molar-refractivity contribution in [1.82, 2.24) is 40.3 Å². The number of ether oxygens (including phenoxy) is 1. The van der Waals surface area contributed by atoms with Crippen molar-refractivity contribution in [2.75, 3.05) is 81.9 Å². The number of carbonyl (C=O) groups is 3. The van der Waals surface area contributed by atoms with Crippen molar-refractivity contribution in [2.24, 2.45) is 11.3 Å². The maximum absolute atomic E-state index is 17.1. The number of imide groups is 1. The van der Waals surface area contributed by atoms with E-state index in [1.54, 1.807) is 11.1 Å². The lowest BCUT2D eigenvalue weighted by atomic mass is 9.71. The van der Waals surface area contributed by atoms with Gasteiger partial charge in [0, 0.05) is 98.3 Å². The Kier molecular flexibility index (Phi) is 12.2. The van der Waals surface area contributed by atoms with Gasteiger partial charge < -0.3 is 34.8 Å². The van der Waals surface area contributed by atoms with Gasteiger partial charge in [-0.2, -0.15) is 9.97 Å². The summed E-state index contributed by atoms with van der Waals surface area (Å²) in [5, 5.41) is 17.9. The molecule has 6 saturated heterocycles. The average molecular weight is 979 g/mol. The van der Waals surface area contributed by atoms with E-state index in [-0.39, 0.29) is 63.6 Å². The van der Waals surface area contributed by atoms with Crippen LogP contribution in [0.2, 0.25) is 0 Å². The van der Waals surface area contributed by atoms with Gasteiger partial charge >= 0.3 is 6.01 Å². The number of anilines is 2. The Balaban J connectivity index is 0.657. The fraction of sp³-hybridized carbons (Fsp3) is 0.491. The zero-order valence-corrected chi connectivity index (χ0v) is 40.5. The first-order valence-electron chi connectivity index (χ1n) is 25.9. The molecule has 1 spiro atoms. The lowest BCUT2D eigenvalue weighted by Gasteiger charge is -2.47. The van der Waals surface area contributed by atoms with Crippen molar-refractivity contribution in [1.29, 1.82) is 0 Å². The predicted octanol–water partition coefficient (Wildman–Crippen LogP) is 5.99. The van der Waals surface area contributed by atoms with Crippen molar-refractivity contribution < 1.29 is 33.0 Å². The molecule has 7 aliphatic heterocycles. The quantitative estimate of drug-likeness (QED) is 0.111. The van der Waals surface area contributed by atoms with Gasteiger partial charge in [-0.25, -0.2) is 8.78 Å². The highest BCUT2D eigenvalue weighted by molar-refractivity contribution is 6.06. The summed E-state index contributed by atoms with van der Waals surface area (Å²) in [6.45, 7) is 10.00. The van der Waals surface area contributed by atoms with Gasteiger partial charge in [-0.1, -0.05) is 18.1 Å². The molecule has 3 N–H and O–H groups in total. The van der Waals surface area contributed by atoms with Crippen LogP contribution in [0, 0.1) is 35.3 Å². The number of nitrogens with zero attached hydrogens (tertiary/aromatic N) is 8. The van der Waals surface area contributed by atoms with Gasteiger partial charge in [0.15, 0.2) is 5.82 Å². The number of amides is 3. The topological polar surface area (TPSA) is 160 Å². The third kappa shape index (κ3) is 8.64. The Labute approximate surface area is 417 Å². The van der Waals surface area contributed by atoms with Crippen molar-refractivity contribution in [3.8, 4) is 35.4 Å². The number of likely N-dealkylation sites (tertiary alicyclic amines) is 2. The molecule has 3 amide bonds. The lowest BCUT2D eigenvalue weighted by molar-refractivity contribution is -0.136. The number of pyridine rings is 1. The SMILES string of the molecule is C#Cc1c(F)ccc2cc(O)cc(-c3ncc4c(N5CC6CCC(C5)N6)nc(OCCN5CCC6(CC5)CCN(CC5CCN(c7cccc8c7CN(C7CCC(=O)NC7=O)C8=O)CC5)CC6)nc4c3F)c12. The molecule has 5 aromatic rings. The van der Waals surface area contributed by atoms with Crippen molar-refractivity contribution in [3.05, 3.63) is 77.0 Å². The molecule has 0 radical (unpaired) electrons.